The molecule has 2 heterocycles. The van der Waals surface area contributed by atoms with E-state index in [9.17, 15) is 10.1 Å². The predicted molar refractivity (Wildman–Crippen MR) is 132 cm³/mol. The normalized spacial score (nSPS) is 14.9. The number of esters is 1. The lowest BCUT2D eigenvalue weighted by atomic mass is 9.83. The molecule has 1 aromatic heterocycles. The van der Waals surface area contributed by atoms with Gasteiger partial charge in [-0.25, -0.2) is 4.79 Å². The number of ether oxygens (including phenoxy) is 2. The predicted octanol–water partition coefficient (Wildman–Crippen LogP) is 6.05. The summed E-state index contributed by atoms with van der Waals surface area (Å²) in [6.07, 6.45) is 0.893. The number of aryl methyl sites for hydroxylation is 3. The van der Waals surface area contributed by atoms with Gasteiger partial charge in [-0.05, 0) is 49.6 Å². The van der Waals surface area contributed by atoms with Crippen LogP contribution < -0.4 is 15.2 Å². The third kappa shape index (κ3) is 3.91. The maximum Gasteiger partial charge on any atom is 0.379 e. The Kier molecular flexibility index (Phi) is 5.54. The lowest BCUT2D eigenvalue weighted by molar-refractivity contribution is 0.0702. The van der Waals surface area contributed by atoms with Gasteiger partial charge in [-0.1, -0.05) is 48.9 Å². The number of hydrogen-bond acceptors (Lipinski definition) is 6. The Morgan fingerprint density at radius 3 is 2.57 bits per heavy atom. The molecule has 174 valence electrons. The van der Waals surface area contributed by atoms with Gasteiger partial charge in [-0.15, -0.1) is 0 Å². The molecular formula is C29H24N2O4. The summed E-state index contributed by atoms with van der Waals surface area (Å²) in [5, 5.41) is 10.6. The lowest BCUT2D eigenvalue weighted by Gasteiger charge is -2.26. The average molecular weight is 465 g/mol. The van der Waals surface area contributed by atoms with Crippen molar-refractivity contribution in [1.82, 2.24) is 0 Å². The van der Waals surface area contributed by atoms with Crippen molar-refractivity contribution in [2.45, 2.75) is 33.1 Å². The summed E-state index contributed by atoms with van der Waals surface area (Å²) < 4.78 is 17.2. The Morgan fingerprint density at radius 1 is 1.09 bits per heavy atom. The molecule has 0 saturated carbocycles. The van der Waals surface area contributed by atoms with Crippen LogP contribution in [0.15, 0.2) is 76.5 Å². The monoisotopic (exact) mass is 464 g/mol. The van der Waals surface area contributed by atoms with Crippen LogP contribution in [0.5, 0.6) is 11.5 Å². The number of rotatable bonds is 4. The van der Waals surface area contributed by atoms with Crippen LogP contribution in [0, 0.1) is 25.2 Å². The molecule has 0 fully saturated rings. The Hall–Kier alpha value is -4.50. The second-order valence-corrected chi connectivity index (χ2v) is 8.66. The van der Waals surface area contributed by atoms with Gasteiger partial charge < -0.3 is 19.6 Å². The average Bonchev–Trinajstić information content (AvgIpc) is 3.19. The van der Waals surface area contributed by atoms with Gasteiger partial charge in [0.2, 0.25) is 11.6 Å². The third-order valence-corrected chi connectivity index (χ3v) is 6.41. The summed E-state index contributed by atoms with van der Waals surface area (Å²) >= 11 is 0. The minimum atomic E-state index is -0.594. The zero-order valence-corrected chi connectivity index (χ0v) is 19.7. The summed E-state index contributed by atoms with van der Waals surface area (Å²) in [4.78, 5) is 13.0. The van der Waals surface area contributed by atoms with Crippen molar-refractivity contribution in [2.75, 3.05) is 0 Å². The number of nitriles is 1. The number of furan rings is 1. The van der Waals surface area contributed by atoms with Gasteiger partial charge in [0, 0.05) is 22.6 Å². The van der Waals surface area contributed by atoms with Gasteiger partial charge in [-0.2, -0.15) is 5.26 Å². The van der Waals surface area contributed by atoms with E-state index >= 15 is 0 Å². The molecule has 6 heteroatoms. The maximum atomic E-state index is 13.0. The molecule has 5 rings (SSSR count). The summed E-state index contributed by atoms with van der Waals surface area (Å²) in [6.45, 7) is 5.93. The number of fused-ring (bicyclic) bond motifs is 2. The van der Waals surface area contributed by atoms with Crippen LogP contribution in [0.25, 0.3) is 11.0 Å². The van der Waals surface area contributed by atoms with Crippen LogP contribution >= 0.6 is 0 Å². The molecular weight excluding hydrogens is 440 g/mol. The number of carbonyl (C=O) groups excluding carboxylic acids is 1. The molecule has 0 radical (unpaired) electrons. The SMILES string of the molecule is CCc1ccc2oc(C(=O)Oc3ccc4c(c3)OC(N)=C(C#N)C4c3ccc(C)cc3)c(C)c2c1. The Balaban J connectivity index is 1.48. The Bertz CT molecular complexity index is 1540. The van der Waals surface area contributed by atoms with Crippen molar-refractivity contribution in [1.29, 1.82) is 5.26 Å². The smallest absolute Gasteiger partial charge is 0.379 e. The molecule has 1 unspecified atom stereocenters. The third-order valence-electron chi connectivity index (χ3n) is 6.41. The number of hydrogen-bond donors (Lipinski definition) is 1. The van der Waals surface area contributed by atoms with E-state index in [1.165, 1.54) is 5.56 Å². The van der Waals surface area contributed by atoms with E-state index in [-0.39, 0.29) is 17.6 Å². The molecule has 6 nitrogen and oxygen atoms in total. The second-order valence-electron chi connectivity index (χ2n) is 8.66. The first-order chi connectivity index (χ1) is 16.9. The standard InChI is InChI=1S/C29H24N2O4/c1-4-18-7-12-24-22(13-18)17(3)27(34-24)29(32)33-20-10-11-21-25(14-20)35-28(31)23(15-30)26(21)19-8-5-16(2)6-9-19/h5-14,26H,4,31H2,1-3H3. The minimum absolute atomic E-state index is 0.0360. The van der Waals surface area contributed by atoms with Gasteiger partial charge >= 0.3 is 5.97 Å². The fourth-order valence-corrected chi connectivity index (χ4v) is 4.44. The molecule has 1 aliphatic rings. The van der Waals surface area contributed by atoms with Crippen LogP contribution in [0.1, 0.15) is 51.2 Å². The fraction of sp³-hybridized carbons (Fsp3) is 0.172. The van der Waals surface area contributed by atoms with Gasteiger partial charge in [0.1, 0.15) is 28.7 Å². The number of nitrogens with two attached hydrogens (primary N) is 1. The number of nitrogens with zero attached hydrogens (tertiary/aromatic N) is 1. The van der Waals surface area contributed by atoms with Crippen molar-refractivity contribution >= 4 is 16.9 Å². The second kappa shape index (κ2) is 8.69. The van der Waals surface area contributed by atoms with Crippen molar-refractivity contribution in [3.05, 3.63) is 106 Å². The number of benzene rings is 3. The first-order valence-electron chi connectivity index (χ1n) is 11.4. The highest BCUT2D eigenvalue weighted by atomic mass is 16.5. The first-order valence-corrected chi connectivity index (χ1v) is 11.4. The van der Waals surface area contributed by atoms with Gasteiger partial charge in [-0.3, -0.25) is 0 Å². The largest absolute Gasteiger partial charge is 0.449 e. The quantitative estimate of drug-likeness (QED) is 0.292. The highest BCUT2D eigenvalue weighted by Crippen LogP contribution is 2.43. The van der Waals surface area contributed by atoms with Crippen LogP contribution in [0.4, 0.5) is 0 Å². The number of allylic oxidation sites excluding steroid dienone is 1. The van der Waals surface area contributed by atoms with Crippen LogP contribution in [-0.4, -0.2) is 5.97 Å². The first kappa shape index (κ1) is 22.3. The molecule has 4 aromatic rings. The van der Waals surface area contributed by atoms with Crippen molar-refractivity contribution < 1.29 is 18.7 Å². The molecule has 0 spiro atoms. The molecule has 0 bridgehead atoms. The van der Waals surface area contributed by atoms with Crippen LogP contribution in [0.3, 0.4) is 0 Å². The molecule has 35 heavy (non-hydrogen) atoms. The summed E-state index contributed by atoms with van der Waals surface area (Å²) in [7, 11) is 0. The summed E-state index contributed by atoms with van der Waals surface area (Å²) in [6, 6.07) is 21.1. The van der Waals surface area contributed by atoms with Gasteiger partial charge in [0.25, 0.3) is 0 Å². The van der Waals surface area contributed by atoms with E-state index in [1.807, 2.05) is 56.3 Å². The summed E-state index contributed by atoms with van der Waals surface area (Å²) in [5.41, 5.74) is 11.8. The zero-order chi connectivity index (χ0) is 24.7. The molecule has 0 amide bonds. The van der Waals surface area contributed by atoms with Crippen LogP contribution in [-0.2, 0) is 6.42 Å². The van der Waals surface area contributed by atoms with E-state index < -0.39 is 5.97 Å². The Labute approximate surface area is 203 Å². The highest BCUT2D eigenvalue weighted by molar-refractivity contribution is 5.97. The number of carbonyl (C=O) groups is 1. The molecule has 2 N–H and O–H groups in total. The van der Waals surface area contributed by atoms with Gasteiger partial charge in [0.15, 0.2) is 0 Å². The molecule has 1 atom stereocenters. The molecule has 1 aliphatic heterocycles. The highest BCUT2D eigenvalue weighted by Gasteiger charge is 2.31. The van der Waals surface area contributed by atoms with E-state index in [0.717, 1.165) is 34.1 Å². The van der Waals surface area contributed by atoms with E-state index in [0.29, 0.717) is 22.7 Å². The van der Waals surface area contributed by atoms with E-state index in [2.05, 4.69) is 13.0 Å². The lowest BCUT2D eigenvalue weighted by Crippen LogP contribution is -2.21. The molecule has 0 saturated heterocycles. The maximum absolute atomic E-state index is 13.0. The van der Waals surface area contributed by atoms with Crippen molar-refractivity contribution in [3.8, 4) is 17.6 Å². The van der Waals surface area contributed by atoms with E-state index in [1.54, 1.807) is 18.2 Å². The Morgan fingerprint density at radius 2 is 1.86 bits per heavy atom. The zero-order valence-electron chi connectivity index (χ0n) is 19.7. The fourth-order valence-electron chi connectivity index (χ4n) is 4.44. The van der Waals surface area contributed by atoms with Crippen molar-refractivity contribution in [3.63, 3.8) is 0 Å². The molecule has 0 aliphatic carbocycles. The molecule has 3 aromatic carbocycles. The minimum Gasteiger partial charge on any atom is -0.449 e. The van der Waals surface area contributed by atoms with Crippen molar-refractivity contribution in [2.24, 2.45) is 5.73 Å². The van der Waals surface area contributed by atoms with Crippen LogP contribution in [0.2, 0.25) is 0 Å². The summed E-state index contributed by atoms with van der Waals surface area (Å²) in [5.74, 6) is -0.0437. The van der Waals surface area contributed by atoms with Gasteiger partial charge in [0.05, 0.1) is 5.92 Å². The topological polar surface area (TPSA) is 98.5 Å². The van der Waals surface area contributed by atoms with E-state index in [4.69, 9.17) is 19.6 Å².